The second-order valence-corrected chi connectivity index (χ2v) is 6.65. The Balaban J connectivity index is 1.33. The van der Waals surface area contributed by atoms with Gasteiger partial charge < -0.3 is 9.80 Å². The SMILES string of the molecule is O=C(C1CC1c1ccccc1)N1CCN(c2ccc(F)cc2)CC1. The van der Waals surface area contributed by atoms with E-state index in [2.05, 4.69) is 17.0 Å². The summed E-state index contributed by atoms with van der Waals surface area (Å²) in [7, 11) is 0. The van der Waals surface area contributed by atoms with Gasteiger partial charge in [-0.1, -0.05) is 30.3 Å². The van der Waals surface area contributed by atoms with Crippen molar-refractivity contribution in [1.29, 1.82) is 0 Å². The normalized spacial score (nSPS) is 23.2. The number of carbonyl (C=O) groups is 1. The number of piperazine rings is 1. The van der Waals surface area contributed by atoms with Crippen molar-refractivity contribution < 1.29 is 9.18 Å². The molecule has 1 saturated heterocycles. The molecule has 2 aliphatic rings. The van der Waals surface area contributed by atoms with Crippen LogP contribution < -0.4 is 4.90 Å². The van der Waals surface area contributed by atoms with Gasteiger partial charge in [-0.25, -0.2) is 4.39 Å². The monoisotopic (exact) mass is 324 g/mol. The zero-order valence-corrected chi connectivity index (χ0v) is 13.6. The number of carbonyl (C=O) groups excluding carboxylic acids is 1. The minimum atomic E-state index is -0.215. The van der Waals surface area contributed by atoms with Gasteiger partial charge >= 0.3 is 0 Å². The molecule has 0 radical (unpaired) electrons. The summed E-state index contributed by atoms with van der Waals surface area (Å²) in [6, 6.07) is 16.9. The van der Waals surface area contributed by atoms with E-state index in [-0.39, 0.29) is 11.7 Å². The molecular weight excluding hydrogens is 303 g/mol. The molecule has 0 aromatic heterocycles. The van der Waals surface area contributed by atoms with Crippen LogP contribution in [0.15, 0.2) is 54.6 Å². The predicted octanol–water partition coefficient (Wildman–Crippen LogP) is 3.28. The first-order valence-electron chi connectivity index (χ1n) is 8.56. The first kappa shape index (κ1) is 15.2. The Labute approximate surface area is 141 Å². The van der Waals surface area contributed by atoms with Crippen LogP contribution in [-0.4, -0.2) is 37.0 Å². The molecule has 24 heavy (non-hydrogen) atoms. The molecule has 1 aliphatic heterocycles. The zero-order valence-electron chi connectivity index (χ0n) is 13.6. The Morgan fingerprint density at radius 3 is 2.25 bits per heavy atom. The van der Waals surface area contributed by atoms with Crippen LogP contribution >= 0.6 is 0 Å². The lowest BCUT2D eigenvalue weighted by atomic mass is 10.1. The summed E-state index contributed by atoms with van der Waals surface area (Å²) in [6.07, 6.45) is 0.973. The quantitative estimate of drug-likeness (QED) is 0.865. The molecule has 3 nitrogen and oxygen atoms in total. The molecular formula is C20H21FN2O. The summed E-state index contributed by atoms with van der Waals surface area (Å²) in [5, 5.41) is 0. The van der Waals surface area contributed by atoms with Crippen molar-refractivity contribution in [2.45, 2.75) is 12.3 Å². The highest BCUT2D eigenvalue weighted by Crippen LogP contribution is 2.48. The van der Waals surface area contributed by atoms with Crippen LogP contribution in [0.25, 0.3) is 0 Å². The number of benzene rings is 2. The first-order valence-corrected chi connectivity index (χ1v) is 8.56. The fourth-order valence-electron chi connectivity index (χ4n) is 3.61. The molecule has 124 valence electrons. The van der Waals surface area contributed by atoms with E-state index < -0.39 is 0 Å². The van der Waals surface area contributed by atoms with Crippen LogP contribution in [-0.2, 0) is 4.79 Å². The highest BCUT2D eigenvalue weighted by atomic mass is 19.1. The summed E-state index contributed by atoms with van der Waals surface area (Å²) in [6.45, 7) is 3.10. The van der Waals surface area contributed by atoms with Crippen molar-refractivity contribution in [2.75, 3.05) is 31.1 Å². The molecule has 1 saturated carbocycles. The van der Waals surface area contributed by atoms with E-state index in [1.54, 1.807) is 12.1 Å². The van der Waals surface area contributed by atoms with Crippen LogP contribution in [0, 0.1) is 11.7 Å². The summed E-state index contributed by atoms with van der Waals surface area (Å²) in [5.74, 6) is 0.634. The van der Waals surface area contributed by atoms with Crippen LogP contribution in [0.3, 0.4) is 0 Å². The summed E-state index contributed by atoms with van der Waals surface area (Å²) < 4.78 is 13.0. The Hall–Kier alpha value is -2.36. The second-order valence-electron chi connectivity index (χ2n) is 6.65. The molecule has 1 heterocycles. The Bertz CT molecular complexity index is 708. The molecule has 0 spiro atoms. The van der Waals surface area contributed by atoms with Gasteiger partial charge in [0.2, 0.25) is 5.91 Å². The standard InChI is InChI=1S/C20H21FN2O/c21-16-6-8-17(9-7-16)22-10-12-23(13-11-22)20(24)19-14-18(19)15-4-2-1-3-5-15/h1-9,18-19H,10-14H2. The minimum Gasteiger partial charge on any atom is -0.368 e. The number of halogens is 1. The molecule has 1 aliphatic carbocycles. The van der Waals surface area contributed by atoms with Gasteiger partial charge in [-0.3, -0.25) is 4.79 Å². The summed E-state index contributed by atoms with van der Waals surface area (Å²) >= 11 is 0. The maximum atomic E-state index is 13.0. The lowest BCUT2D eigenvalue weighted by Crippen LogP contribution is -2.49. The van der Waals surface area contributed by atoms with Crippen LogP contribution in [0.1, 0.15) is 17.9 Å². The third kappa shape index (κ3) is 3.01. The maximum absolute atomic E-state index is 13.0. The summed E-state index contributed by atoms with van der Waals surface area (Å²) in [4.78, 5) is 16.9. The average Bonchev–Trinajstić information content (AvgIpc) is 3.43. The largest absolute Gasteiger partial charge is 0.368 e. The highest BCUT2D eigenvalue weighted by Gasteiger charge is 2.45. The number of nitrogens with zero attached hydrogens (tertiary/aromatic N) is 2. The van der Waals surface area contributed by atoms with Crippen molar-refractivity contribution >= 4 is 11.6 Å². The van der Waals surface area contributed by atoms with Crippen molar-refractivity contribution in [3.63, 3.8) is 0 Å². The highest BCUT2D eigenvalue weighted by molar-refractivity contribution is 5.83. The number of hydrogen-bond acceptors (Lipinski definition) is 2. The van der Waals surface area contributed by atoms with Gasteiger partial charge in [0.1, 0.15) is 5.82 Å². The fourth-order valence-corrected chi connectivity index (χ4v) is 3.61. The molecule has 2 aromatic carbocycles. The lowest BCUT2D eigenvalue weighted by molar-refractivity contribution is -0.132. The predicted molar refractivity (Wildman–Crippen MR) is 92.5 cm³/mol. The van der Waals surface area contributed by atoms with Crippen molar-refractivity contribution in [3.05, 3.63) is 66.0 Å². The molecule has 1 amide bonds. The topological polar surface area (TPSA) is 23.6 Å². The third-order valence-corrected chi connectivity index (χ3v) is 5.12. The van der Waals surface area contributed by atoms with Gasteiger partial charge in [0.25, 0.3) is 0 Å². The number of amides is 1. The first-order chi connectivity index (χ1) is 11.7. The van der Waals surface area contributed by atoms with Crippen molar-refractivity contribution in [3.8, 4) is 0 Å². The molecule has 0 bridgehead atoms. The van der Waals surface area contributed by atoms with Crippen molar-refractivity contribution in [1.82, 2.24) is 4.90 Å². The molecule has 0 N–H and O–H groups in total. The van der Waals surface area contributed by atoms with E-state index in [9.17, 15) is 9.18 Å². The number of hydrogen-bond donors (Lipinski definition) is 0. The average molecular weight is 324 g/mol. The van der Waals surface area contributed by atoms with Crippen LogP contribution in [0.5, 0.6) is 0 Å². The smallest absolute Gasteiger partial charge is 0.226 e. The molecule has 4 heteroatoms. The van der Waals surface area contributed by atoms with E-state index in [0.717, 1.165) is 38.3 Å². The lowest BCUT2D eigenvalue weighted by Gasteiger charge is -2.36. The van der Waals surface area contributed by atoms with E-state index >= 15 is 0 Å². The molecule has 2 aromatic rings. The Morgan fingerprint density at radius 1 is 0.917 bits per heavy atom. The van der Waals surface area contributed by atoms with Gasteiger partial charge in [-0.05, 0) is 42.2 Å². The fraction of sp³-hybridized carbons (Fsp3) is 0.350. The summed E-state index contributed by atoms with van der Waals surface area (Å²) in [5.41, 5.74) is 2.30. The second kappa shape index (κ2) is 6.27. The van der Waals surface area contributed by atoms with Crippen LogP contribution in [0.2, 0.25) is 0 Å². The molecule has 2 atom stereocenters. The third-order valence-electron chi connectivity index (χ3n) is 5.12. The van der Waals surface area contributed by atoms with Gasteiger partial charge in [-0.15, -0.1) is 0 Å². The van der Waals surface area contributed by atoms with E-state index in [4.69, 9.17) is 0 Å². The van der Waals surface area contributed by atoms with Gasteiger partial charge in [-0.2, -0.15) is 0 Å². The van der Waals surface area contributed by atoms with E-state index in [1.807, 2.05) is 23.1 Å². The Morgan fingerprint density at radius 2 is 1.58 bits per heavy atom. The van der Waals surface area contributed by atoms with Gasteiger partial charge in [0.05, 0.1) is 0 Å². The Kier molecular flexibility index (Phi) is 3.97. The molecule has 4 rings (SSSR count). The van der Waals surface area contributed by atoms with Gasteiger partial charge in [0.15, 0.2) is 0 Å². The van der Waals surface area contributed by atoms with Gasteiger partial charge in [0, 0.05) is 37.8 Å². The van der Waals surface area contributed by atoms with E-state index in [1.165, 1.54) is 17.7 Å². The van der Waals surface area contributed by atoms with Crippen LogP contribution in [0.4, 0.5) is 10.1 Å². The molecule has 2 unspecified atom stereocenters. The zero-order chi connectivity index (χ0) is 16.5. The van der Waals surface area contributed by atoms with Crippen molar-refractivity contribution in [2.24, 2.45) is 5.92 Å². The minimum absolute atomic E-state index is 0.157. The number of rotatable bonds is 3. The maximum Gasteiger partial charge on any atom is 0.226 e. The molecule has 2 fully saturated rings. The van der Waals surface area contributed by atoms with E-state index in [0.29, 0.717) is 11.8 Å². The number of anilines is 1.